The van der Waals surface area contributed by atoms with Crippen LogP contribution in [0.1, 0.15) is 45.4 Å². The SMILES string of the molecule is CC1CCc2sc(C(=O)N3CCCc4c(N)cccc43)cc2C1.Cl. The van der Waals surface area contributed by atoms with Crippen molar-refractivity contribution in [1.29, 1.82) is 0 Å². The molecule has 0 fully saturated rings. The van der Waals surface area contributed by atoms with E-state index in [1.807, 2.05) is 23.1 Å². The third kappa shape index (κ3) is 2.93. The Balaban J connectivity index is 0.00000169. The Bertz CT molecular complexity index is 771. The minimum Gasteiger partial charge on any atom is -0.398 e. The van der Waals surface area contributed by atoms with Crippen LogP contribution in [-0.2, 0) is 19.3 Å². The number of thiophene rings is 1. The van der Waals surface area contributed by atoms with Crippen molar-refractivity contribution in [1.82, 2.24) is 0 Å². The second-order valence-electron chi connectivity index (χ2n) is 6.81. The first-order chi connectivity index (χ1) is 11.1. The number of anilines is 2. The number of nitrogens with zero attached hydrogens (tertiary/aromatic N) is 1. The van der Waals surface area contributed by atoms with Gasteiger partial charge in [-0.2, -0.15) is 0 Å². The molecule has 1 aromatic carbocycles. The van der Waals surface area contributed by atoms with Gasteiger partial charge in [0.15, 0.2) is 0 Å². The van der Waals surface area contributed by atoms with Crippen LogP contribution in [-0.4, -0.2) is 12.5 Å². The summed E-state index contributed by atoms with van der Waals surface area (Å²) < 4.78 is 0. The lowest BCUT2D eigenvalue weighted by atomic mass is 9.90. The minimum absolute atomic E-state index is 0. The van der Waals surface area contributed by atoms with Crippen LogP contribution in [0.15, 0.2) is 24.3 Å². The number of halogens is 1. The third-order valence-corrected chi connectivity index (χ3v) is 6.30. The number of hydrogen-bond acceptors (Lipinski definition) is 3. The van der Waals surface area contributed by atoms with Crippen LogP contribution >= 0.6 is 23.7 Å². The highest BCUT2D eigenvalue weighted by Crippen LogP contribution is 2.36. The summed E-state index contributed by atoms with van der Waals surface area (Å²) in [5.74, 6) is 0.874. The van der Waals surface area contributed by atoms with Crippen LogP contribution in [0.2, 0.25) is 0 Å². The largest absolute Gasteiger partial charge is 0.398 e. The molecule has 1 aliphatic heterocycles. The molecule has 2 aliphatic rings. The number of fused-ring (bicyclic) bond motifs is 2. The average molecular weight is 363 g/mol. The zero-order valence-corrected chi connectivity index (χ0v) is 15.5. The Hall–Kier alpha value is -1.52. The maximum Gasteiger partial charge on any atom is 0.268 e. The van der Waals surface area contributed by atoms with Gasteiger partial charge < -0.3 is 10.6 Å². The number of amides is 1. The molecule has 2 aromatic rings. The molecule has 1 aromatic heterocycles. The van der Waals surface area contributed by atoms with Gasteiger partial charge in [0.2, 0.25) is 0 Å². The number of hydrogen-bond donors (Lipinski definition) is 1. The number of rotatable bonds is 1. The second-order valence-corrected chi connectivity index (χ2v) is 7.95. The van der Waals surface area contributed by atoms with Crippen LogP contribution in [0.4, 0.5) is 11.4 Å². The maximum atomic E-state index is 13.1. The Morgan fingerprint density at radius 2 is 2.17 bits per heavy atom. The monoisotopic (exact) mass is 362 g/mol. The molecule has 1 atom stereocenters. The van der Waals surface area contributed by atoms with Crippen LogP contribution in [0.3, 0.4) is 0 Å². The molecule has 1 aliphatic carbocycles. The summed E-state index contributed by atoms with van der Waals surface area (Å²) in [6.45, 7) is 3.08. The van der Waals surface area contributed by atoms with Gasteiger partial charge in [-0.1, -0.05) is 13.0 Å². The van der Waals surface area contributed by atoms with Crippen molar-refractivity contribution >= 4 is 41.0 Å². The van der Waals surface area contributed by atoms with Gasteiger partial charge in [-0.25, -0.2) is 0 Å². The predicted molar refractivity (Wildman–Crippen MR) is 104 cm³/mol. The first-order valence-electron chi connectivity index (χ1n) is 8.44. The number of carbonyl (C=O) groups excluding carboxylic acids is 1. The molecule has 0 saturated carbocycles. The molecule has 2 heterocycles. The Morgan fingerprint density at radius 3 is 3.00 bits per heavy atom. The van der Waals surface area contributed by atoms with Crippen molar-refractivity contribution in [3.05, 3.63) is 45.1 Å². The third-order valence-electron chi connectivity index (χ3n) is 5.07. The lowest BCUT2D eigenvalue weighted by Gasteiger charge is -2.30. The first-order valence-corrected chi connectivity index (χ1v) is 9.26. The van der Waals surface area contributed by atoms with Gasteiger partial charge in [0.25, 0.3) is 5.91 Å². The van der Waals surface area contributed by atoms with Gasteiger partial charge in [-0.15, -0.1) is 23.7 Å². The minimum atomic E-state index is 0. The fourth-order valence-corrected chi connectivity index (χ4v) is 4.96. The van der Waals surface area contributed by atoms with Crippen LogP contribution in [0.5, 0.6) is 0 Å². The van der Waals surface area contributed by atoms with Crippen LogP contribution < -0.4 is 10.6 Å². The molecule has 0 saturated heterocycles. The molecule has 0 bridgehead atoms. The van der Waals surface area contributed by atoms with Gasteiger partial charge in [0.05, 0.1) is 4.88 Å². The molecule has 0 spiro atoms. The molecule has 3 nitrogen and oxygen atoms in total. The highest BCUT2D eigenvalue weighted by atomic mass is 35.5. The lowest BCUT2D eigenvalue weighted by molar-refractivity contribution is 0.0989. The average Bonchev–Trinajstić information content (AvgIpc) is 2.97. The van der Waals surface area contributed by atoms with E-state index in [9.17, 15) is 4.79 Å². The number of carbonyl (C=O) groups is 1. The number of aryl methyl sites for hydroxylation is 1. The van der Waals surface area contributed by atoms with Crippen LogP contribution in [0, 0.1) is 5.92 Å². The van der Waals surface area contributed by atoms with Gasteiger partial charge in [-0.3, -0.25) is 4.79 Å². The van der Waals surface area contributed by atoms with E-state index in [2.05, 4.69) is 13.0 Å². The summed E-state index contributed by atoms with van der Waals surface area (Å²) in [7, 11) is 0. The number of nitrogens with two attached hydrogens (primary N) is 1. The Kier molecular flexibility index (Phi) is 4.88. The summed E-state index contributed by atoms with van der Waals surface area (Å²) in [5, 5.41) is 0. The van der Waals surface area contributed by atoms with Gasteiger partial charge in [0, 0.05) is 22.8 Å². The second kappa shape index (κ2) is 6.77. The Morgan fingerprint density at radius 1 is 1.33 bits per heavy atom. The van der Waals surface area contributed by atoms with Crippen molar-refractivity contribution in [3.63, 3.8) is 0 Å². The predicted octanol–water partition coefficient (Wildman–Crippen LogP) is 4.47. The normalized spacial score (nSPS) is 19.2. The summed E-state index contributed by atoms with van der Waals surface area (Å²) in [5.41, 5.74) is 10.4. The quantitative estimate of drug-likeness (QED) is 0.761. The molecule has 1 unspecified atom stereocenters. The van der Waals surface area contributed by atoms with Crippen molar-refractivity contribution in [3.8, 4) is 0 Å². The van der Waals surface area contributed by atoms with E-state index in [0.29, 0.717) is 0 Å². The van der Waals surface area contributed by atoms with Crippen molar-refractivity contribution in [2.24, 2.45) is 5.92 Å². The van der Waals surface area contributed by atoms with E-state index in [-0.39, 0.29) is 18.3 Å². The molecule has 2 N–H and O–H groups in total. The molecule has 4 rings (SSSR count). The fraction of sp³-hybridized carbons (Fsp3) is 0.421. The highest BCUT2D eigenvalue weighted by Gasteiger charge is 2.27. The summed E-state index contributed by atoms with van der Waals surface area (Å²) in [6, 6.07) is 8.04. The molecule has 24 heavy (non-hydrogen) atoms. The van der Waals surface area contributed by atoms with E-state index >= 15 is 0 Å². The van der Waals surface area contributed by atoms with Crippen molar-refractivity contribution in [2.45, 2.75) is 39.0 Å². The summed E-state index contributed by atoms with van der Waals surface area (Å²) >= 11 is 1.70. The van der Waals surface area contributed by atoms with Crippen molar-refractivity contribution in [2.75, 3.05) is 17.2 Å². The van der Waals surface area contributed by atoms with E-state index in [1.165, 1.54) is 16.9 Å². The standard InChI is InChI=1S/C19H22N2OS.ClH/c1-12-7-8-17-13(10-12)11-18(23-17)19(22)21-9-3-4-14-15(20)5-2-6-16(14)21;/h2,5-6,11-12H,3-4,7-10,20H2,1H3;1H. The lowest BCUT2D eigenvalue weighted by Crippen LogP contribution is -2.35. The zero-order valence-electron chi connectivity index (χ0n) is 13.9. The fourth-order valence-electron chi connectivity index (χ4n) is 3.81. The number of benzene rings is 1. The van der Waals surface area contributed by atoms with Crippen LogP contribution in [0.25, 0.3) is 0 Å². The number of nitrogen functional groups attached to an aromatic ring is 1. The van der Waals surface area contributed by atoms with Crippen molar-refractivity contribution < 1.29 is 4.79 Å². The van der Waals surface area contributed by atoms with E-state index in [1.54, 1.807) is 11.3 Å². The molecule has 128 valence electrons. The molecular weight excluding hydrogens is 340 g/mol. The maximum absolute atomic E-state index is 13.1. The summed E-state index contributed by atoms with van der Waals surface area (Å²) in [4.78, 5) is 17.3. The first kappa shape index (κ1) is 17.3. The molecule has 5 heteroatoms. The van der Waals surface area contributed by atoms with E-state index in [4.69, 9.17) is 5.73 Å². The topological polar surface area (TPSA) is 46.3 Å². The zero-order chi connectivity index (χ0) is 16.0. The molecule has 0 radical (unpaired) electrons. The summed E-state index contributed by atoms with van der Waals surface area (Å²) in [6.07, 6.45) is 5.42. The van der Waals surface area contributed by atoms with Gasteiger partial charge in [0.1, 0.15) is 0 Å². The molecular formula is C19H23ClN2OS. The smallest absolute Gasteiger partial charge is 0.268 e. The van der Waals surface area contributed by atoms with Gasteiger partial charge >= 0.3 is 0 Å². The van der Waals surface area contributed by atoms with Gasteiger partial charge in [-0.05, 0) is 67.3 Å². The molecule has 1 amide bonds. The highest BCUT2D eigenvalue weighted by molar-refractivity contribution is 7.14. The van der Waals surface area contributed by atoms with E-state index < -0.39 is 0 Å². The Labute approximate surface area is 153 Å². The van der Waals surface area contributed by atoms with E-state index in [0.717, 1.165) is 60.0 Å².